The van der Waals surface area contributed by atoms with Gasteiger partial charge in [-0.1, -0.05) is 78.0 Å². The van der Waals surface area contributed by atoms with Crippen LogP contribution in [0.3, 0.4) is 0 Å². The highest BCUT2D eigenvalue weighted by molar-refractivity contribution is 5.77. The fraction of sp³-hybridized carbons (Fsp3) is 0.333. The van der Waals surface area contributed by atoms with Gasteiger partial charge in [0, 0.05) is 34.0 Å². The van der Waals surface area contributed by atoms with Gasteiger partial charge in [-0.05, 0) is 90.9 Å². The van der Waals surface area contributed by atoms with Crippen molar-refractivity contribution < 1.29 is 0 Å². The van der Waals surface area contributed by atoms with E-state index in [1.807, 2.05) is 0 Å². The van der Waals surface area contributed by atoms with Crippen molar-refractivity contribution in [1.82, 2.24) is 0 Å². The summed E-state index contributed by atoms with van der Waals surface area (Å²) in [5.41, 5.74) is 14.2. The van der Waals surface area contributed by atoms with Crippen LogP contribution in [0.5, 0.6) is 0 Å². The molecule has 190 valence electrons. The molecule has 0 aliphatic heterocycles. The lowest BCUT2D eigenvalue weighted by atomic mass is 9.83. The first-order valence-electron chi connectivity index (χ1n) is 13.3. The molecule has 36 heavy (non-hydrogen) atoms. The molecule has 3 N–H and O–H groups in total. The fourth-order valence-electron chi connectivity index (χ4n) is 4.52. The Labute approximate surface area is 218 Å². The Morgan fingerprint density at radius 3 is 1.92 bits per heavy atom. The van der Waals surface area contributed by atoms with Crippen LogP contribution in [-0.2, 0) is 5.54 Å². The van der Waals surface area contributed by atoms with Crippen LogP contribution in [0.1, 0.15) is 76.8 Å². The van der Waals surface area contributed by atoms with E-state index < -0.39 is 0 Å². The molecule has 0 saturated heterocycles. The largest absolute Gasteiger partial charge is 0.356 e. The van der Waals surface area contributed by atoms with Gasteiger partial charge in [-0.15, -0.1) is 0 Å². The summed E-state index contributed by atoms with van der Waals surface area (Å²) in [7, 11) is 0. The Balaban J connectivity index is 2.00. The molecule has 0 heterocycles. The van der Waals surface area contributed by atoms with E-state index in [1.54, 1.807) is 6.08 Å². The molecule has 0 aromatic heterocycles. The highest BCUT2D eigenvalue weighted by atomic mass is 15.1. The van der Waals surface area contributed by atoms with E-state index in [0.717, 1.165) is 60.6 Å². The van der Waals surface area contributed by atoms with E-state index in [1.165, 1.54) is 11.1 Å². The third kappa shape index (κ3) is 6.47. The van der Waals surface area contributed by atoms with Gasteiger partial charge in [-0.3, -0.25) is 0 Å². The maximum Gasteiger partial charge on any atom is 0.0463 e. The van der Waals surface area contributed by atoms with Gasteiger partial charge in [0.05, 0.1) is 0 Å². The Hall–Kier alpha value is -3.30. The van der Waals surface area contributed by atoms with E-state index in [9.17, 15) is 0 Å². The third-order valence-electron chi connectivity index (χ3n) is 7.32. The predicted octanol–water partition coefficient (Wildman–Crippen LogP) is 9.54. The van der Waals surface area contributed by atoms with Crippen LogP contribution in [0.15, 0.2) is 97.7 Å². The molecule has 0 aliphatic rings. The van der Waals surface area contributed by atoms with Crippen molar-refractivity contribution in [3.05, 3.63) is 109 Å². The Bertz CT molecular complexity index is 1110. The lowest BCUT2D eigenvalue weighted by Crippen LogP contribution is -2.35. The van der Waals surface area contributed by atoms with E-state index in [2.05, 4.69) is 124 Å². The molecule has 3 aromatic carbocycles. The monoisotopic (exact) mass is 481 g/mol. The molecule has 3 aromatic rings. The van der Waals surface area contributed by atoms with Crippen molar-refractivity contribution in [3.63, 3.8) is 0 Å². The van der Waals surface area contributed by atoms with Gasteiger partial charge in [0.15, 0.2) is 0 Å². The summed E-state index contributed by atoms with van der Waals surface area (Å²) in [4.78, 5) is 2.30. The molecule has 0 saturated carbocycles. The smallest absolute Gasteiger partial charge is 0.0463 e. The number of unbranched alkanes of at least 4 members (excludes halogenated alkanes) is 1. The van der Waals surface area contributed by atoms with E-state index in [0.29, 0.717) is 5.92 Å². The first-order chi connectivity index (χ1) is 17.3. The fourth-order valence-corrected chi connectivity index (χ4v) is 4.52. The first kappa shape index (κ1) is 27.3. The quantitative estimate of drug-likeness (QED) is 0.239. The number of hydrogen-bond donors (Lipinski definition) is 2. The number of anilines is 4. The maximum absolute atomic E-state index is 6.84. The normalized spacial score (nSPS) is 13.5. The SMILES string of the molecule is C=CC(=C)Nc1ccc(N(c2ccc(C(C)CC)cc2)c2ccc(C(N)(CC)CCCC)cc2)cc1. The van der Waals surface area contributed by atoms with Gasteiger partial charge in [0.25, 0.3) is 0 Å². The van der Waals surface area contributed by atoms with E-state index in [-0.39, 0.29) is 5.54 Å². The highest BCUT2D eigenvalue weighted by Gasteiger charge is 2.25. The molecule has 0 bridgehead atoms. The zero-order valence-corrected chi connectivity index (χ0v) is 22.6. The number of nitrogens with two attached hydrogens (primary N) is 1. The lowest BCUT2D eigenvalue weighted by Gasteiger charge is -2.30. The highest BCUT2D eigenvalue weighted by Crippen LogP contribution is 2.37. The Morgan fingerprint density at radius 2 is 1.44 bits per heavy atom. The number of allylic oxidation sites excluding steroid dienone is 1. The van der Waals surface area contributed by atoms with E-state index in [4.69, 9.17) is 5.73 Å². The molecule has 0 radical (unpaired) electrons. The van der Waals surface area contributed by atoms with Crippen molar-refractivity contribution in [2.24, 2.45) is 5.73 Å². The van der Waals surface area contributed by atoms with Crippen LogP contribution in [-0.4, -0.2) is 0 Å². The van der Waals surface area contributed by atoms with Crippen molar-refractivity contribution in [3.8, 4) is 0 Å². The number of benzene rings is 3. The summed E-state index contributed by atoms with van der Waals surface area (Å²) >= 11 is 0. The maximum atomic E-state index is 6.84. The number of nitrogens with zero attached hydrogens (tertiary/aromatic N) is 1. The molecular weight excluding hydrogens is 438 g/mol. The molecule has 0 amide bonds. The molecular formula is C33H43N3. The lowest BCUT2D eigenvalue weighted by molar-refractivity contribution is 0.380. The van der Waals surface area contributed by atoms with Crippen LogP contribution in [0.25, 0.3) is 0 Å². The Morgan fingerprint density at radius 1 is 0.917 bits per heavy atom. The summed E-state index contributed by atoms with van der Waals surface area (Å²) in [5.74, 6) is 0.546. The van der Waals surface area contributed by atoms with Crippen LogP contribution in [0, 0.1) is 0 Å². The number of nitrogens with one attached hydrogen (secondary N) is 1. The minimum atomic E-state index is -0.280. The standard InChI is InChI=1S/C33H43N3/c1-7-11-24-33(34,10-4)28-14-20-31(21-15-28)36(30-18-12-27(13-19-30)25(5)8-2)32-22-16-29(17-23-32)35-26(6)9-3/h9,12-23,25,35H,3,6-8,10-11,24,34H2,1-2,4-5H3. The van der Waals surface area contributed by atoms with Crippen molar-refractivity contribution >= 4 is 22.7 Å². The van der Waals surface area contributed by atoms with Gasteiger partial charge in [0.2, 0.25) is 0 Å². The van der Waals surface area contributed by atoms with Gasteiger partial charge < -0.3 is 16.0 Å². The summed E-state index contributed by atoms with van der Waals surface area (Å²) in [6.07, 6.45) is 7.07. The zero-order valence-electron chi connectivity index (χ0n) is 22.6. The summed E-state index contributed by atoms with van der Waals surface area (Å²) in [6.45, 7) is 16.6. The van der Waals surface area contributed by atoms with Gasteiger partial charge in [-0.2, -0.15) is 0 Å². The predicted molar refractivity (Wildman–Crippen MR) is 158 cm³/mol. The summed E-state index contributed by atoms with van der Waals surface area (Å²) in [5, 5.41) is 3.27. The average molecular weight is 482 g/mol. The summed E-state index contributed by atoms with van der Waals surface area (Å²) < 4.78 is 0. The van der Waals surface area contributed by atoms with E-state index >= 15 is 0 Å². The minimum Gasteiger partial charge on any atom is -0.356 e. The molecule has 2 unspecified atom stereocenters. The van der Waals surface area contributed by atoms with Crippen LogP contribution in [0.2, 0.25) is 0 Å². The Kier molecular flexibility index (Phi) is 9.55. The van der Waals surface area contributed by atoms with Gasteiger partial charge in [-0.25, -0.2) is 0 Å². The van der Waals surface area contributed by atoms with Crippen LogP contribution < -0.4 is 16.0 Å². The van der Waals surface area contributed by atoms with Crippen molar-refractivity contribution in [2.45, 2.75) is 71.3 Å². The number of rotatable bonds is 13. The second-order valence-corrected chi connectivity index (χ2v) is 9.80. The number of hydrogen-bond acceptors (Lipinski definition) is 3. The molecule has 2 atom stereocenters. The molecule has 3 nitrogen and oxygen atoms in total. The van der Waals surface area contributed by atoms with Crippen LogP contribution >= 0.6 is 0 Å². The molecule has 3 rings (SSSR count). The summed E-state index contributed by atoms with van der Waals surface area (Å²) in [6, 6.07) is 26.2. The molecule has 0 aliphatic carbocycles. The molecule has 3 heteroatoms. The molecule has 0 fully saturated rings. The van der Waals surface area contributed by atoms with Crippen molar-refractivity contribution in [1.29, 1.82) is 0 Å². The third-order valence-corrected chi connectivity index (χ3v) is 7.32. The average Bonchev–Trinajstić information content (AvgIpc) is 2.93. The molecule has 0 spiro atoms. The second kappa shape index (κ2) is 12.6. The first-order valence-corrected chi connectivity index (χ1v) is 13.3. The zero-order chi connectivity index (χ0) is 26.1. The second-order valence-electron chi connectivity index (χ2n) is 9.80. The van der Waals surface area contributed by atoms with Gasteiger partial charge in [0.1, 0.15) is 0 Å². The van der Waals surface area contributed by atoms with Crippen LogP contribution in [0.4, 0.5) is 22.7 Å². The topological polar surface area (TPSA) is 41.3 Å². The minimum absolute atomic E-state index is 0.280. The van der Waals surface area contributed by atoms with Crippen molar-refractivity contribution in [2.75, 3.05) is 10.2 Å². The van der Waals surface area contributed by atoms with Gasteiger partial charge >= 0.3 is 0 Å².